The van der Waals surface area contributed by atoms with E-state index in [4.69, 9.17) is 11.6 Å². The summed E-state index contributed by atoms with van der Waals surface area (Å²) in [6.45, 7) is 1.45. The summed E-state index contributed by atoms with van der Waals surface area (Å²) in [5.41, 5.74) is 2.17. The highest BCUT2D eigenvalue weighted by Gasteiger charge is 2.32. The molecule has 0 spiro atoms. The van der Waals surface area contributed by atoms with E-state index < -0.39 is 0 Å². The number of nitrogens with one attached hydrogen (secondary N) is 1. The van der Waals surface area contributed by atoms with E-state index in [0.29, 0.717) is 11.6 Å². The van der Waals surface area contributed by atoms with Gasteiger partial charge in [-0.05, 0) is 47.3 Å². The molecule has 0 unspecified atom stereocenters. The van der Waals surface area contributed by atoms with Crippen molar-refractivity contribution in [2.75, 3.05) is 11.9 Å². The molecule has 4 nitrogen and oxygen atoms in total. The van der Waals surface area contributed by atoms with Crippen LogP contribution < -0.4 is 5.32 Å². The van der Waals surface area contributed by atoms with Gasteiger partial charge in [0.15, 0.2) is 0 Å². The minimum atomic E-state index is -0.119. The van der Waals surface area contributed by atoms with Gasteiger partial charge in [0.25, 0.3) is 0 Å². The highest BCUT2D eigenvalue weighted by molar-refractivity contribution is 7.14. The number of carbonyl (C=O) groups excluding carboxylic acids is 1. The molecule has 2 amide bonds. The van der Waals surface area contributed by atoms with E-state index in [0.717, 1.165) is 22.8 Å². The van der Waals surface area contributed by atoms with Crippen LogP contribution in [0.5, 0.6) is 0 Å². The maximum absolute atomic E-state index is 12.8. The van der Waals surface area contributed by atoms with E-state index in [1.165, 1.54) is 11.3 Å². The maximum Gasteiger partial charge on any atom is 0.323 e. The molecular formula is C18H16ClN3OS. The molecule has 1 aliphatic rings. The number of benzene rings is 1. The Morgan fingerprint density at radius 1 is 1.12 bits per heavy atom. The van der Waals surface area contributed by atoms with Crippen LogP contribution in [0.2, 0.25) is 5.02 Å². The summed E-state index contributed by atoms with van der Waals surface area (Å²) in [5, 5.41) is 6.50. The van der Waals surface area contributed by atoms with Crippen molar-refractivity contribution in [3.8, 4) is 0 Å². The predicted octanol–water partition coefficient (Wildman–Crippen LogP) is 4.84. The van der Waals surface area contributed by atoms with Crippen LogP contribution in [0.1, 0.15) is 17.3 Å². The Morgan fingerprint density at radius 3 is 2.71 bits per heavy atom. The number of hydrogen-bond acceptors (Lipinski definition) is 2. The number of nitrogens with zero attached hydrogens (tertiary/aromatic N) is 2. The molecule has 0 fully saturated rings. The molecule has 24 heavy (non-hydrogen) atoms. The minimum Gasteiger partial charge on any atom is -0.348 e. The molecule has 0 saturated carbocycles. The monoisotopic (exact) mass is 357 g/mol. The number of aromatic nitrogens is 1. The Balaban J connectivity index is 1.69. The largest absolute Gasteiger partial charge is 0.348 e. The van der Waals surface area contributed by atoms with Crippen LogP contribution in [-0.2, 0) is 6.54 Å². The molecular weight excluding hydrogens is 342 g/mol. The standard InChI is InChI=1S/C18H16ClN3OS/c19-14-7-5-13(6-8-14)17-15-3-1-9-21(15)10-11-22(17)18(23)20-16-4-2-12-24-16/h1-9,12,17H,10-11H2,(H,20,23)/t17-/m1/s1. The molecule has 1 N–H and O–H groups in total. The highest BCUT2D eigenvalue weighted by Crippen LogP contribution is 2.33. The molecule has 3 aromatic rings. The third-order valence-electron chi connectivity index (χ3n) is 4.24. The summed E-state index contributed by atoms with van der Waals surface area (Å²) in [5.74, 6) is 0. The van der Waals surface area contributed by atoms with Crippen LogP contribution in [0.15, 0.2) is 60.1 Å². The lowest BCUT2D eigenvalue weighted by molar-refractivity contribution is 0.182. The second-order valence-electron chi connectivity index (χ2n) is 5.68. The third-order valence-corrected chi connectivity index (χ3v) is 5.27. The second kappa shape index (κ2) is 6.34. The molecule has 0 bridgehead atoms. The summed E-state index contributed by atoms with van der Waals surface area (Å²) in [7, 11) is 0. The summed E-state index contributed by atoms with van der Waals surface area (Å²) in [6.07, 6.45) is 2.06. The summed E-state index contributed by atoms with van der Waals surface area (Å²) >= 11 is 7.55. The lowest BCUT2D eigenvalue weighted by Gasteiger charge is -2.37. The van der Waals surface area contributed by atoms with Gasteiger partial charge in [0.05, 0.1) is 11.0 Å². The highest BCUT2D eigenvalue weighted by atomic mass is 35.5. The summed E-state index contributed by atoms with van der Waals surface area (Å²) < 4.78 is 2.20. The van der Waals surface area contributed by atoms with E-state index in [-0.39, 0.29) is 12.1 Å². The number of hydrogen-bond donors (Lipinski definition) is 1. The van der Waals surface area contributed by atoms with Crippen LogP contribution >= 0.6 is 22.9 Å². The van der Waals surface area contributed by atoms with Crippen molar-refractivity contribution in [3.05, 3.63) is 76.4 Å². The number of thiophene rings is 1. The van der Waals surface area contributed by atoms with Gasteiger partial charge in [0.2, 0.25) is 0 Å². The van der Waals surface area contributed by atoms with Gasteiger partial charge in [-0.1, -0.05) is 23.7 Å². The first-order valence-electron chi connectivity index (χ1n) is 7.74. The molecule has 1 aromatic carbocycles. The van der Waals surface area contributed by atoms with Crippen molar-refractivity contribution >= 4 is 34.0 Å². The zero-order valence-electron chi connectivity index (χ0n) is 12.9. The number of anilines is 1. The van der Waals surface area contributed by atoms with Gasteiger partial charge in [-0.2, -0.15) is 0 Å². The van der Waals surface area contributed by atoms with E-state index >= 15 is 0 Å². The van der Waals surface area contributed by atoms with Gasteiger partial charge in [-0.25, -0.2) is 4.79 Å². The average Bonchev–Trinajstić information content (AvgIpc) is 3.25. The normalized spacial score (nSPS) is 16.7. The average molecular weight is 358 g/mol. The van der Waals surface area contributed by atoms with Crippen molar-refractivity contribution < 1.29 is 4.79 Å². The van der Waals surface area contributed by atoms with Crippen molar-refractivity contribution in [1.82, 2.24) is 9.47 Å². The second-order valence-corrected chi connectivity index (χ2v) is 7.07. The van der Waals surface area contributed by atoms with Gasteiger partial charge in [-0.3, -0.25) is 5.32 Å². The fraction of sp³-hybridized carbons (Fsp3) is 0.167. The molecule has 3 heterocycles. The minimum absolute atomic E-state index is 0.0788. The van der Waals surface area contributed by atoms with Crippen LogP contribution in [0.3, 0.4) is 0 Å². The molecule has 6 heteroatoms. The lowest BCUT2D eigenvalue weighted by Crippen LogP contribution is -2.44. The fourth-order valence-electron chi connectivity index (χ4n) is 3.12. The molecule has 2 aromatic heterocycles. The Morgan fingerprint density at radius 2 is 1.96 bits per heavy atom. The molecule has 0 aliphatic carbocycles. The van der Waals surface area contributed by atoms with E-state index in [1.807, 2.05) is 52.7 Å². The van der Waals surface area contributed by atoms with Gasteiger partial charge in [-0.15, -0.1) is 11.3 Å². The first-order valence-corrected chi connectivity index (χ1v) is 9.00. The van der Waals surface area contributed by atoms with Crippen LogP contribution in [-0.4, -0.2) is 22.0 Å². The molecule has 0 saturated heterocycles. The van der Waals surface area contributed by atoms with Crippen LogP contribution in [0.25, 0.3) is 0 Å². The molecule has 1 aliphatic heterocycles. The molecule has 4 rings (SSSR count). The first kappa shape index (κ1) is 15.3. The smallest absolute Gasteiger partial charge is 0.323 e. The third kappa shape index (κ3) is 2.81. The topological polar surface area (TPSA) is 37.3 Å². The van der Waals surface area contributed by atoms with Crippen molar-refractivity contribution in [2.45, 2.75) is 12.6 Å². The zero-order chi connectivity index (χ0) is 16.5. The van der Waals surface area contributed by atoms with Crippen molar-refractivity contribution in [3.63, 3.8) is 0 Å². The summed E-state index contributed by atoms with van der Waals surface area (Å²) in [6, 6.07) is 15.5. The van der Waals surface area contributed by atoms with Crippen molar-refractivity contribution in [1.29, 1.82) is 0 Å². The number of urea groups is 1. The quantitative estimate of drug-likeness (QED) is 0.700. The molecule has 1 atom stereocenters. The van der Waals surface area contributed by atoms with E-state index in [1.54, 1.807) is 0 Å². The Kier molecular flexibility index (Phi) is 4.04. The Labute approximate surface area is 149 Å². The number of fused-ring (bicyclic) bond motifs is 1. The van der Waals surface area contributed by atoms with Gasteiger partial charge >= 0.3 is 6.03 Å². The number of rotatable bonds is 2. The molecule has 0 radical (unpaired) electrons. The van der Waals surface area contributed by atoms with Gasteiger partial charge < -0.3 is 9.47 Å². The SMILES string of the molecule is O=C(Nc1cccs1)N1CCn2cccc2[C@H]1c1ccc(Cl)cc1. The number of carbonyl (C=O) groups is 1. The van der Waals surface area contributed by atoms with E-state index in [9.17, 15) is 4.79 Å². The van der Waals surface area contributed by atoms with Crippen LogP contribution in [0.4, 0.5) is 9.80 Å². The summed E-state index contributed by atoms with van der Waals surface area (Å²) in [4.78, 5) is 14.7. The lowest BCUT2D eigenvalue weighted by atomic mass is 10.0. The van der Waals surface area contributed by atoms with Crippen molar-refractivity contribution in [2.24, 2.45) is 0 Å². The Hall–Kier alpha value is -2.24. The fourth-order valence-corrected chi connectivity index (χ4v) is 3.86. The molecule has 122 valence electrons. The zero-order valence-corrected chi connectivity index (χ0v) is 14.4. The number of amides is 2. The maximum atomic E-state index is 12.8. The first-order chi connectivity index (χ1) is 11.7. The predicted molar refractivity (Wildman–Crippen MR) is 97.8 cm³/mol. The van der Waals surface area contributed by atoms with Gasteiger partial charge in [0, 0.05) is 30.0 Å². The Bertz CT molecular complexity index is 842. The number of halogens is 1. The van der Waals surface area contributed by atoms with Crippen LogP contribution in [0, 0.1) is 0 Å². The van der Waals surface area contributed by atoms with Gasteiger partial charge in [0.1, 0.15) is 0 Å². The van der Waals surface area contributed by atoms with E-state index in [2.05, 4.69) is 22.1 Å².